The van der Waals surface area contributed by atoms with Crippen LogP contribution in [0.4, 0.5) is 0 Å². The Morgan fingerprint density at radius 3 is 2.85 bits per heavy atom. The molecule has 70 valence electrons. The Morgan fingerprint density at radius 2 is 2.23 bits per heavy atom. The number of benzene rings is 1. The molecule has 0 aliphatic heterocycles. The molecule has 0 aliphatic rings. The summed E-state index contributed by atoms with van der Waals surface area (Å²) in [5, 5.41) is 3.87. The van der Waals surface area contributed by atoms with Crippen LogP contribution in [0.5, 0.6) is 0 Å². The van der Waals surface area contributed by atoms with Gasteiger partial charge in [-0.1, -0.05) is 35.9 Å². The topological polar surface area (TPSA) is 12.0 Å². The second-order valence-corrected chi connectivity index (χ2v) is 3.38. The van der Waals surface area contributed by atoms with Crippen molar-refractivity contribution in [1.82, 2.24) is 5.32 Å². The molecule has 0 spiro atoms. The zero-order valence-corrected chi connectivity index (χ0v) is 8.73. The van der Waals surface area contributed by atoms with Crippen LogP contribution in [0.15, 0.2) is 24.3 Å². The molecule has 0 aliphatic carbocycles. The van der Waals surface area contributed by atoms with Crippen LogP contribution < -0.4 is 5.32 Å². The Bertz CT molecular complexity index is 305. The summed E-state index contributed by atoms with van der Waals surface area (Å²) in [6.45, 7) is 2.88. The highest BCUT2D eigenvalue weighted by molar-refractivity contribution is 6.31. The summed E-state index contributed by atoms with van der Waals surface area (Å²) >= 11 is 5.98. The van der Waals surface area contributed by atoms with Crippen LogP contribution in [-0.4, -0.2) is 13.6 Å². The molecule has 0 aromatic heterocycles. The Labute approximate surface area is 84.4 Å². The van der Waals surface area contributed by atoms with Crippen molar-refractivity contribution in [1.29, 1.82) is 0 Å². The first kappa shape index (κ1) is 10.3. The number of halogens is 1. The second-order valence-electron chi connectivity index (χ2n) is 2.97. The van der Waals surface area contributed by atoms with Crippen molar-refractivity contribution in [2.45, 2.75) is 6.92 Å². The summed E-state index contributed by atoms with van der Waals surface area (Å²) in [6, 6.07) is 6.07. The lowest BCUT2D eigenvalue weighted by Crippen LogP contribution is -2.03. The first-order valence-electron chi connectivity index (χ1n) is 4.31. The number of aryl methyl sites for hydroxylation is 1. The maximum atomic E-state index is 5.98. The van der Waals surface area contributed by atoms with E-state index < -0.39 is 0 Å². The molecule has 0 unspecified atom stereocenters. The fourth-order valence-electron chi connectivity index (χ4n) is 1.03. The quantitative estimate of drug-likeness (QED) is 0.782. The fraction of sp³-hybridized carbons (Fsp3) is 0.273. The Morgan fingerprint density at radius 1 is 1.46 bits per heavy atom. The number of nitrogens with one attached hydrogen (secondary N) is 1. The van der Waals surface area contributed by atoms with Crippen molar-refractivity contribution >= 4 is 17.7 Å². The average Bonchev–Trinajstić information content (AvgIpc) is 2.12. The van der Waals surface area contributed by atoms with E-state index in [2.05, 4.69) is 23.5 Å². The molecule has 1 rings (SSSR count). The predicted molar refractivity (Wildman–Crippen MR) is 59.1 cm³/mol. The average molecular weight is 196 g/mol. The minimum absolute atomic E-state index is 0.826. The maximum Gasteiger partial charge on any atom is 0.0441 e. The maximum absolute atomic E-state index is 5.98. The highest BCUT2D eigenvalue weighted by Gasteiger charge is 1.93. The number of hydrogen-bond acceptors (Lipinski definition) is 1. The van der Waals surface area contributed by atoms with Gasteiger partial charge in [-0.2, -0.15) is 0 Å². The molecule has 0 amide bonds. The molecule has 0 saturated carbocycles. The van der Waals surface area contributed by atoms with Crippen LogP contribution in [0.25, 0.3) is 6.08 Å². The molecule has 0 radical (unpaired) electrons. The monoisotopic (exact) mass is 195 g/mol. The lowest BCUT2D eigenvalue weighted by atomic mass is 10.1. The molecule has 0 bridgehead atoms. The summed E-state index contributed by atoms with van der Waals surface area (Å²) < 4.78 is 0. The van der Waals surface area contributed by atoms with Crippen LogP contribution in [0.1, 0.15) is 11.1 Å². The van der Waals surface area contributed by atoms with Gasteiger partial charge < -0.3 is 5.32 Å². The number of likely N-dealkylation sites (N-methyl/N-ethyl adjacent to an activating group) is 1. The van der Waals surface area contributed by atoms with Crippen LogP contribution in [-0.2, 0) is 0 Å². The summed E-state index contributed by atoms with van der Waals surface area (Å²) in [5.74, 6) is 0. The van der Waals surface area contributed by atoms with Gasteiger partial charge in [0.15, 0.2) is 0 Å². The van der Waals surface area contributed by atoms with Gasteiger partial charge in [0.1, 0.15) is 0 Å². The number of hydrogen-bond donors (Lipinski definition) is 1. The van der Waals surface area contributed by atoms with Gasteiger partial charge in [-0.3, -0.25) is 0 Å². The zero-order valence-electron chi connectivity index (χ0n) is 7.97. The molecular weight excluding hydrogens is 182 g/mol. The van der Waals surface area contributed by atoms with Gasteiger partial charge in [0, 0.05) is 11.6 Å². The van der Waals surface area contributed by atoms with E-state index in [1.807, 2.05) is 26.1 Å². The third kappa shape index (κ3) is 3.21. The molecule has 0 heterocycles. The lowest BCUT2D eigenvalue weighted by molar-refractivity contribution is 0.922. The zero-order chi connectivity index (χ0) is 9.68. The smallest absolute Gasteiger partial charge is 0.0441 e. The molecule has 0 saturated heterocycles. The molecule has 1 N–H and O–H groups in total. The van der Waals surface area contributed by atoms with Crippen LogP contribution in [0.2, 0.25) is 5.02 Å². The van der Waals surface area contributed by atoms with Gasteiger partial charge in [0.2, 0.25) is 0 Å². The summed E-state index contributed by atoms with van der Waals surface area (Å²) in [6.07, 6.45) is 4.13. The summed E-state index contributed by atoms with van der Waals surface area (Å²) in [7, 11) is 1.92. The van der Waals surface area contributed by atoms with Crippen molar-refractivity contribution in [2.24, 2.45) is 0 Å². The molecule has 0 atom stereocenters. The van der Waals surface area contributed by atoms with E-state index >= 15 is 0 Å². The largest absolute Gasteiger partial charge is 0.316 e. The van der Waals surface area contributed by atoms with E-state index in [1.165, 1.54) is 0 Å². The molecule has 13 heavy (non-hydrogen) atoms. The van der Waals surface area contributed by atoms with E-state index in [0.29, 0.717) is 0 Å². The van der Waals surface area contributed by atoms with Crippen LogP contribution >= 0.6 is 11.6 Å². The van der Waals surface area contributed by atoms with Gasteiger partial charge in [-0.05, 0) is 31.2 Å². The first-order valence-corrected chi connectivity index (χ1v) is 4.69. The van der Waals surface area contributed by atoms with E-state index in [4.69, 9.17) is 11.6 Å². The van der Waals surface area contributed by atoms with E-state index in [1.54, 1.807) is 0 Å². The molecule has 2 heteroatoms. The molecule has 1 aromatic rings. The van der Waals surface area contributed by atoms with Crippen LogP contribution in [0.3, 0.4) is 0 Å². The van der Waals surface area contributed by atoms with E-state index in [9.17, 15) is 0 Å². The highest BCUT2D eigenvalue weighted by atomic mass is 35.5. The summed E-state index contributed by atoms with van der Waals surface area (Å²) in [4.78, 5) is 0. The Kier molecular flexibility index (Phi) is 4.00. The Balaban J connectivity index is 2.73. The van der Waals surface area contributed by atoms with E-state index in [-0.39, 0.29) is 0 Å². The molecule has 1 nitrogen and oxygen atoms in total. The predicted octanol–water partition coefficient (Wildman–Crippen LogP) is 2.88. The third-order valence-electron chi connectivity index (χ3n) is 1.83. The van der Waals surface area contributed by atoms with Crippen molar-refractivity contribution in [3.05, 3.63) is 40.4 Å². The first-order chi connectivity index (χ1) is 6.24. The SMILES string of the molecule is CNC/C=C/c1ccc(C)c(Cl)c1. The Hall–Kier alpha value is -0.790. The lowest BCUT2D eigenvalue weighted by Gasteiger charge is -1.98. The van der Waals surface area contributed by atoms with Crippen LogP contribution in [0, 0.1) is 6.92 Å². The minimum atomic E-state index is 0.826. The van der Waals surface area contributed by atoms with Gasteiger partial charge >= 0.3 is 0 Å². The van der Waals surface area contributed by atoms with Gasteiger partial charge in [0.25, 0.3) is 0 Å². The van der Waals surface area contributed by atoms with Crippen molar-refractivity contribution in [3.63, 3.8) is 0 Å². The third-order valence-corrected chi connectivity index (χ3v) is 2.24. The normalized spacial score (nSPS) is 11.0. The minimum Gasteiger partial charge on any atom is -0.316 e. The van der Waals surface area contributed by atoms with Gasteiger partial charge in [-0.15, -0.1) is 0 Å². The molecule has 0 fully saturated rings. The highest BCUT2D eigenvalue weighted by Crippen LogP contribution is 2.17. The number of rotatable bonds is 3. The van der Waals surface area contributed by atoms with Gasteiger partial charge in [-0.25, -0.2) is 0 Å². The summed E-state index contributed by atoms with van der Waals surface area (Å²) in [5.41, 5.74) is 2.26. The molecule has 1 aromatic carbocycles. The van der Waals surface area contributed by atoms with E-state index in [0.717, 1.165) is 22.7 Å². The molecular formula is C11H14ClN. The standard InChI is InChI=1S/C11H14ClN/c1-9-5-6-10(8-11(9)12)4-3-7-13-2/h3-6,8,13H,7H2,1-2H3/b4-3+. The van der Waals surface area contributed by atoms with Crippen molar-refractivity contribution < 1.29 is 0 Å². The van der Waals surface area contributed by atoms with Gasteiger partial charge in [0.05, 0.1) is 0 Å². The second kappa shape index (κ2) is 5.05. The van der Waals surface area contributed by atoms with Crippen molar-refractivity contribution in [2.75, 3.05) is 13.6 Å². The fourth-order valence-corrected chi connectivity index (χ4v) is 1.21. The van der Waals surface area contributed by atoms with Crippen molar-refractivity contribution in [3.8, 4) is 0 Å².